The van der Waals surface area contributed by atoms with E-state index in [9.17, 15) is 9.59 Å². The van der Waals surface area contributed by atoms with Gasteiger partial charge in [0.2, 0.25) is 0 Å². The van der Waals surface area contributed by atoms with Crippen LogP contribution >= 0.6 is 0 Å². The number of carbonyl (C=O) groups is 2. The maximum atomic E-state index is 13.2. The molecule has 1 heterocycles. The van der Waals surface area contributed by atoms with Crippen LogP contribution in [0.5, 0.6) is 23.0 Å². The van der Waals surface area contributed by atoms with Gasteiger partial charge in [0, 0.05) is 11.8 Å². The normalized spacial score (nSPS) is 10.7. The average molecular weight is 587 g/mol. The number of anilines is 1. The first-order valence-corrected chi connectivity index (χ1v) is 14.4. The van der Waals surface area contributed by atoms with Crippen molar-refractivity contribution in [2.45, 2.75) is 39.7 Å². The van der Waals surface area contributed by atoms with Crippen LogP contribution in [0.3, 0.4) is 0 Å². The molecule has 0 aliphatic heterocycles. The highest BCUT2D eigenvalue weighted by molar-refractivity contribution is 6.05. The van der Waals surface area contributed by atoms with Crippen LogP contribution in [0.2, 0.25) is 0 Å². The summed E-state index contributed by atoms with van der Waals surface area (Å²) >= 11 is 0. The maximum Gasteiger partial charge on any atom is 0.298 e. The zero-order valence-electron chi connectivity index (χ0n) is 24.9. The number of hydrogen-bond acceptors (Lipinski definition) is 6. The van der Waals surface area contributed by atoms with Crippen LogP contribution < -0.4 is 19.5 Å². The van der Waals surface area contributed by atoms with Crippen LogP contribution in [-0.2, 0) is 17.8 Å². The van der Waals surface area contributed by atoms with E-state index in [-0.39, 0.29) is 17.6 Å². The minimum Gasteiger partial charge on any atom is -0.487 e. The number of amides is 1. The molecule has 0 unspecified atom stereocenters. The van der Waals surface area contributed by atoms with Gasteiger partial charge < -0.3 is 19.5 Å². The summed E-state index contributed by atoms with van der Waals surface area (Å²) in [5.41, 5.74) is 5.81. The number of para-hydroxylation sites is 1. The van der Waals surface area contributed by atoms with Crippen LogP contribution in [0.4, 0.5) is 5.69 Å². The van der Waals surface area contributed by atoms with E-state index >= 15 is 0 Å². The number of nitrogens with one attached hydrogen (secondary N) is 1. The predicted molar refractivity (Wildman–Crippen MR) is 171 cm³/mol. The summed E-state index contributed by atoms with van der Waals surface area (Å²) in [6.07, 6.45) is 2.41. The molecular formula is C37H34N2O5. The van der Waals surface area contributed by atoms with Gasteiger partial charge in [-0.2, -0.15) is 0 Å². The van der Waals surface area contributed by atoms with Crippen molar-refractivity contribution in [1.29, 1.82) is 0 Å². The van der Waals surface area contributed by atoms with Gasteiger partial charge in [-0.3, -0.25) is 14.6 Å². The van der Waals surface area contributed by atoms with E-state index in [1.54, 1.807) is 24.3 Å². The van der Waals surface area contributed by atoms with Crippen LogP contribution in [-0.4, -0.2) is 17.4 Å². The fourth-order valence-electron chi connectivity index (χ4n) is 4.80. The standard InChI is InChI=1S/C37H34N2O5/c1-25(2)34-21-35(39-37(41)28-13-16-32(17-14-28)44-31-9-5-4-6-10-31)36(43-24-40)20-29(34)19-27-12-15-30(38-22-27)23-42-33-11-7-8-26(3)18-33/h4-18,20-22,24-25H,19,23H2,1-3H3,(H,39,41). The Labute approximate surface area is 257 Å². The highest BCUT2D eigenvalue weighted by Crippen LogP contribution is 2.34. The van der Waals surface area contributed by atoms with Crippen molar-refractivity contribution in [2.24, 2.45) is 0 Å². The predicted octanol–water partition coefficient (Wildman–Crippen LogP) is 8.26. The average Bonchev–Trinajstić information content (AvgIpc) is 3.03. The zero-order valence-corrected chi connectivity index (χ0v) is 24.9. The second-order valence-corrected chi connectivity index (χ2v) is 10.7. The first-order valence-electron chi connectivity index (χ1n) is 14.4. The van der Waals surface area contributed by atoms with Gasteiger partial charge in [0.25, 0.3) is 12.4 Å². The SMILES string of the molecule is Cc1cccc(OCc2ccc(Cc3cc(OC=O)c(NC(=O)c4ccc(Oc5ccccc5)cc4)cc3C(C)C)cn2)c1. The maximum absolute atomic E-state index is 13.2. The summed E-state index contributed by atoms with van der Waals surface area (Å²) in [5.74, 6) is 2.22. The Morgan fingerprint density at radius 1 is 0.864 bits per heavy atom. The minimum absolute atomic E-state index is 0.148. The van der Waals surface area contributed by atoms with Gasteiger partial charge in [0.1, 0.15) is 23.9 Å². The molecule has 222 valence electrons. The van der Waals surface area contributed by atoms with Crippen molar-refractivity contribution in [3.05, 3.63) is 143 Å². The van der Waals surface area contributed by atoms with E-state index in [4.69, 9.17) is 14.2 Å². The highest BCUT2D eigenvalue weighted by atomic mass is 16.5. The Balaban J connectivity index is 1.30. The van der Waals surface area contributed by atoms with Crippen LogP contribution in [0.15, 0.2) is 109 Å². The fraction of sp³-hybridized carbons (Fsp3) is 0.162. The third-order valence-electron chi connectivity index (χ3n) is 7.04. The molecule has 0 aliphatic carbocycles. The molecule has 44 heavy (non-hydrogen) atoms. The molecule has 0 bridgehead atoms. The molecule has 1 aromatic heterocycles. The largest absolute Gasteiger partial charge is 0.487 e. The third kappa shape index (κ3) is 7.89. The van der Waals surface area contributed by atoms with E-state index in [1.807, 2.05) is 92.0 Å². The number of pyridine rings is 1. The molecule has 5 rings (SSSR count). The van der Waals surface area contributed by atoms with Gasteiger partial charge in [-0.25, -0.2) is 0 Å². The minimum atomic E-state index is -0.331. The number of nitrogens with zero attached hydrogens (tertiary/aromatic N) is 1. The Kier molecular flexibility index (Phi) is 9.67. The number of rotatable bonds is 12. The fourth-order valence-corrected chi connectivity index (χ4v) is 4.80. The van der Waals surface area contributed by atoms with Gasteiger partial charge in [0.15, 0.2) is 5.75 Å². The molecular weight excluding hydrogens is 552 g/mol. The van der Waals surface area contributed by atoms with E-state index in [1.165, 1.54) is 0 Å². The van der Waals surface area contributed by atoms with E-state index in [2.05, 4.69) is 24.1 Å². The second-order valence-electron chi connectivity index (χ2n) is 10.7. The molecule has 5 aromatic rings. The van der Waals surface area contributed by atoms with Crippen LogP contribution in [0, 0.1) is 6.92 Å². The lowest BCUT2D eigenvalue weighted by molar-refractivity contribution is -0.120. The Morgan fingerprint density at radius 3 is 2.30 bits per heavy atom. The summed E-state index contributed by atoms with van der Waals surface area (Å²) in [6, 6.07) is 31.8. The zero-order chi connectivity index (χ0) is 30.9. The molecule has 0 saturated heterocycles. The van der Waals surface area contributed by atoms with Crippen molar-refractivity contribution < 1.29 is 23.8 Å². The molecule has 0 atom stereocenters. The highest BCUT2D eigenvalue weighted by Gasteiger charge is 2.17. The van der Waals surface area contributed by atoms with Crippen molar-refractivity contribution >= 4 is 18.1 Å². The molecule has 4 aromatic carbocycles. The van der Waals surface area contributed by atoms with Gasteiger partial charge in [-0.15, -0.1) is 0 Å². The quantitative estimate of drug-likeness (QED) is 0.148. The first-order chi connectivity index (χ1) is 21.4. The lowest BCUT2D eigenvalue weighted by Crippen LogP contribution is -2.14. The van der Waals surface area contributed by atoms with Gasteiger partial charge in [-0.1, -0.05) is 50.2 Å². The van der Waals surface area contributed by atoms with E-state index in [0.29, 0.717) is 42.2 Å². The number of aryl methyl sites for hydroxylation is 1. The molecule has 0 aliphatic rings. The molecule has 7 nitrogen and oxygen atoms in total. The summed E-state index contributed by atoms with van der Waals surface area (Å²) in [4.78, 5) is 29.2. The Morgan fingerprint density at radius 2 is 1.61 bits per heavy atom. The molecule has 0 fully saturated rings. The topological polar surface area (TPSA) is 86.8 Å². The number of aromatic nitrogens is 1. The molecule has 0 saturated carbocycles. The Hall–Kier alpha value is -5.43. The lowest BCUT2D eigenvalue weighted by Gasteiger charge is -2.18. The van der Waals surface area contributed by atoms with E-state index < -0.39 is 0 Å². The summed E-state index contributed by atoms with van der Waals surface area (Å²) < 4.78 is 17.0. The summed E-state index contributed by atoms with van der Waals surface area (Å²) in [6.45, 7) is 6.93. The molecule has 7 heteroatoms. The van der Waals surface area contributed by atoms with Crippen molar-refractivity contribution in [1.82, 2.24) is 4.98 Å². The third-order valence-corrected chi connectivity index (χ3v) is 7.04. The smallest absolute Gasteiger partial charge is 0.298 e. The first kappa shape index (κ1) is 30.0. The summed E-state index contributed by atoms with van der Waals surface area (Å²) in [7, 11) is 0. The van der Waals surface area contributed by atoms with Crippen LogP contribution in [0.1, 0.15) is 58.1 Å². The van der Waals surface area contributed by atoms with Crippen molar-refractivity contribution in [3.8, 4) is 23.0 Å². The van der Waals surface area contributed by atoms with Gasteiger partial charge in [-0.05, 0) is 108 Å². The van der Waals surface area contributed by atoms with E-state index in [0.717, 1.165) is 33.7 Å². The van der Waals surface area contributed by atoms with Gasteiger partial charge >= 0.3 is 0 Å². The number of carbonyl (C=O) groups excluding carboxylic acids is 2. The second kappa shape index (κ2) is 14.2. The molecule has 1 amide bonds. The number of benzene rings is 4. The van der Waals surface area contributed by atoms with Crippen molar-refractivity contribution in [3.63, 3.8) is 0 Å². The van der Waals surface area contributed by atoms with Gasteiger partial charge in [0.05, 0.1) is 11.4 Å². The summed E-state index contributed by atoms with van der Waals surface area (Å²) in [5, 5.41) is 2.92. The monoisotopic (exact) mass is 586 g/mol. The Bertz CT molecular complexity index is 1720. The molecule has 1 N–H and O–H groups in total. The van der Waals surface area contributed by atoms with Crippen molar-refractivity contribution in [2.75, 3.05) is 5.32 Å². The number of hydrogen-bond donors (Lipinski definition) is 1. The number of ether oxygens (including phenoxy) is 3. The molecule has 0 spiro atoms. The molecule has 0 radical (unpaired) electrons. The van der Waals surface area contributed by atoms with Crippen LogP contribution in [0.25, 0.3) is 0 Å². The lowest BCUT2D eigenvalue weighted by atomic mass is 9.92.